The normalized spacial score (nSPS) is 12.3. The average Bonchev–Trinajstić information content (AvgIpc) is 2.15. The third-order valence-electron chi connectivity index (χ3n) is 1.77. The summed E-state index contributed by atoms with van der Waals surface area (Å²) < 4.78 is 37.5. The molecule has 0 amide bonds. The van der Waals surface area contributed by atoms with Gasteiger partial charge in [0.25, 0.3) is 0 Å². The molecule has 1 aromatic carbocycles. The summed E-state index contributed by atoms with van der Waals surface area (Å²) >= 11 is 3.12. The van der Waals surface area contributed by atoms with Crippen LogP contribution in [-0.4, -0.2) is 11.4 Å². The van der Waals surface area contributed by atoms with Gasteiger partial charge in [-0.15, -0.1) is 5.16 Å². The van der Waals surface area contributed by atoms with Crippen molar-refractivity contribution in [2.24, 2.45) is 5.16 Å². The summed E-state index contributed by atoms with van der Waals surface area (Å²) in [5.74, 6) is 0. The van der Waals surface area contributed by atoms with Crippen LogP contribution in [0.5, 0.6) is 0 Å². The molecule has 0 saturated heterocycles. The Kier molecular flexibility index (Phi) is 3.73. The summed E-state index contributed by atoms with van der Waals surface area (Å²) in [7, 11) is 0. The fourth-order valence-electron chi connectivity index (χ4n) is 1.05. The van der Waals surface area contributed by atoms with Crippen molar-refractivity contribution in [2.75, 3.05) is 0 Å². The van der Waals surface area contributed by atoms with E-state index in [4.69, 9.17) is 5.21 Å². The van der Waals surface area contributed by atoms with Gasteiger partial charge < -0.3 is 5.21 Å². The molecule has 1 aromatic rings. The quantitative estimate of drug-likeness (QED) is 0.503. The van der Waals surface area contributed by atoms with Crippen LogP contribution in [0.25, 0.3) is 0 Å². The molecule has 82 valence electrons. The van der Waals surface area contributed by atoms with Crippen LogP contribution < -0.4 is 0 Å². The van der Waals surface area contributed by atoms with Crippen molar-refractivity contribution in [3.05, 3.63) is 33.8 Å². The Balaban J connectivity index is 3.05. The Morgan fingerprint density at radius 1 is 1.40 bits per heavy atom. The fourth-order valence-corrected chi connectivity index (χ4v) is 1.46. The van der Waals surface area contributed by atoms with E-state index in [2.05, 4.69) is 21.1 Å². The summed E-state index contributed by atoms with van der Waals surface area (Å²) in [6.07, 6.45) is -3.09. The molecule has 0 fully saturated rings. The van der Waals surface area contributed by atoms with E-state index in [-0.39, 0.29) is 6.42 Å². The van der Waals surface area contributed by atoms with E-state index < -0.39 is 11.7 Å². The van der Waals surface area contributed by atoms with Gasteiger partial charge >= 0.3 is 6.18 Å². The Labute approximate surface area is 92.5 Å². The number of alkyl halides is 3. The molecule has 0 radical (unpaired) electrons. The standard InChI is InChI=1S/C9H7BrF3NO/c10-8-2-1-7(9(11,12)13)5-6(8)3-4-14-15/h1-2,4-5,15H,3H2. The lowest BCUT2D eigenvalue weighted by Gasteiger charge is -2.09. The molecule has 2 nitrogen and oxygen atoms in total. The van der Waals surface area contributed by atoms with Crippen LogP contribution >= 0.6 is 15.9 Å². The summed E-state index contributed by atoms with van der Waals surface area (Å²) in [4.78, 5) is 0. The monoisotopic (exact) mass is 281 g/mol. The molecule has 0 spiro atoms. The SMILES string of the molecule is ON=CCc1cc(C(F)(F)F)ccc1Br. The predicted octanol–water partition coefficient (Wildman–Crippen LogP) is 3.47. The van der Waals surface area contributed by atoms with Crippen molar-refractivity contribution in [3.8, 4) is 0 Å². The number of rotatable bonds is 2. The van der Waals surface area contributed by atoms with Crippen molar-refractivity contribution in [3.63, 3.8) is 0 Å². The van der Waals surface area contributed by atoms with Crippen LogP contribution in [0.1, 0.15) is 11.1 Å². The summed E-state index contributed by atoms with van der Waals surface area (Å²) in [6.45, 7) is 0. The second-order valence-corrected chi connectivity index (χ2v) is 3.66. The zero-order valence-corrected chi connectivity index (χ0v) is 9.01. The maximum atomic E-state index is 12.3. The number of nitrogens with zero attached hydrogens (tertiary/aromatic N) is 1. The molecule has 0 aromatic heterocycles. The van der Waals surface area contributed by atoms with Gasteiger partial charge in [-0.2, -0.15) is 13.2 Å². The van der Waals surface area contributed by atoms with E-state index >= 15 is 0 Å². The number of oxime groups is 1. The van der Waals surface area contributed by atoms with Crippen molar-refractivity contribution in [1.82, 2.24) is 0 Å². The summed E-state index contributed by atoms with van der Waals surface area (Å²) in [6, 6.07) is 3.33. The molecule has 0 aliphatic carbocycles. The molecular formula is C9H7BrF3NO. The minimum absolute atomic E-state index is 0.140. The molecule has 0 aliphatic rings. The minimum atomic E-state index is -4.36. The molecule has 1 rings (SSSR count). The summed E-state index contributed by atoms with van der Waals surface area (Å²) in [5, 5.41) is 10.9. The van der Waals surface area contributed by atoms with E-state index in [9.17, 15) is 13.2 Å². The van der Waals surface area contributed by atoms with Crippen LogP contribution in [0.2, 0.25) is 0 Å². The first-order valence-corrected chi connectivity index (χ1v) is 4.76. The van der Waals surface area contributed by atoms with Gasteiger partial charge in [0.2, 0.25) is 0 Å². The van der Waals surface area contributed by atoms with Crippen molar-refractivity contribution in [2.45, 2.75) is 12.6 Å². The van der Waals surface area contributed by atoms with Crippen molar-refractivity contribution in [1.29, 1.82) is 0 Å². The molecule has 6 heteroatoms. The van der Waals surface area contributed by atoms with E-state index in [0.29, 0.717) is 10.0 Å². The molecule has 0 saturated carbocycles. The molecule has 1 N–H and O–H groups in total. The van der Waals surface area contributed by atoms with Gasteiger partial charge in [0.05, 0.1) is 5.56 Å². The van der Waals surface area contributed by atoms with Crippen molar-refractivity contribution >= 4 is 22.1 Å². The van der Waals surface area contributed by atoms with Gasteiger partial charge in [0.1, 0.15) is 0 Å². The van der Waals surface area contributed by atoms with Crippen LogP contribution in [0.15, 0.2) is 27.8 Å². The molecule has 0 bridgehead atoms. The third-order valence-corrected chi connectivity index (χ3v) is 2.54. The van der Waals surface area contributed by atoms with E-state index in [0.717, 1.165) is 18.3 Å². The lowest BCUT2D eigenvalue weighted by Crippen LogP contribution is -2.05. The third kappa shape index (κ3) is 3.23. The first-order valence-electron chi connectivity index (χ1n) is 3.96. The van der Waals surface area contributed by atoms with Crippen LogP contribution in [0, 0.1) is 0 Å². The van der Waals surface area contributed by atoms with Crippen LogP contribution in [-0.2, 0) is 12.6 Å². The van der Waals surface area contributed by atoms with Gasteiger partial charge in [-0.1, -0.05) is 15.9 Å². The molecule has 0 unspecified atom stereocenters. The number of hydrogen-bond donors (Lipinski definition) is 1. The molecule has 0 heterocycles. The van der Waals surface area contributed by atoms with E-state index in [1.54, 1.807) is 0 Å². The Hall–Kier alpha value is -1.04. The zero-order valence-electron chi connectivity index (χ0n) is 7.42. The highest BCUT2D eigenvalue weighted by atomic mass is 79.9. The molecular weight excluding hydrogens is 275 g/mol. The lowest BCUT2D eigenvalue weighted by atomic mass is 10.1. The highest BCUT2D eigenvalue weighted by Crippen LogP contribution is 2.31. The minimum Gasteiger partial charge on any atom is -0.411 e. The zero-order chi connectivity index (χ0) is 11.5. The Morgan fingerprint density at radius 3 is 2.60 bits per heavy atom. The maximum Gasteiger partial charge on any atom is 0.416 e. The van der Waals surface area contributed by atoms with Crippen LogP contribution in [0.4, 0.5) is 13.2 Å². The van der Waals surface area contributed by atoms with Gasteiger partial charge in [0.15, 0.2) is 0 Å². The number of hydrogen-bond acceptors (Lipinski definition) is 2. The Bertz CT molecular complexity index is 376. The highest BCUT2D eigenvalue weighted by Gasteiger charge is 2.30. The number of benzene rings is 1. The molecule has 15 heavy (non-hydrogen) atoms. The lowest BCUT2D eigenvalue weighted by molar-refractivity contribution is -0.137. The first-order chi connectivity index (χ1) is 6.95. The average molecular weight is 282 g/mol. The Morgan fingerprint density at radius 2 is 2.07 bits per heavy atom. The fraction of sp³-hybridized carbons (Fsp3) is 0.222. The number of halogens is 4. The summed E-state index contributed by atoms with van der Waals surface area (Å²) in [5.41, 5.74) is -0.297. The van der Waals surface area contributed by atoms with E-state index in [1.807, 2.05) is 0 Å². The first kappa shape index (κ1) is 12.0. The molecule has 0 aliphatic heterocycles. The van der Waals surface area contributed by atoms with Gasteiger partial charge in [0, 0.05) is 17.1 Å². The highest BCUT2D eigenvalue weighted by molar-refractivity contribution is 9.10. The predicted molar refractivity (Wildman–Crippen MR) is 53.1 cm³/mol. The van der Waals surface area contributed by atoms with E-state index in [1.165, 1.54) is 6.07 Å². The smallest absolute Gasteiger partial charge is 0.411 e. The van der Waals surface area contributed by atoms with Gasteiger partial charge in [-0.05, 0) is 23.8 Å². The van der Waals surface area contributed by atoms with Gasteiger partial charge in [-0.25, -0.2) is 0 Å². The van der Waals surface area contributed by atoms with Gasteiger partial charge in [-0.3, -0.25) is 0 Å². The van der Waals surface area contributed by atoms with Crippen LogP contribution in [0.3, 0.4) is 0 Å². The second kappa shape index (κ2) is 4.65. The largest absolute Gasteiger partial charge is 0.416 e. The second-order valence-electron chi connectivity index (χ2n) is 2.81. The molecule has 0 atom stereocenters. The van der Waals surface area contributed by atoms with Crippen molar-refractivity contribution < 1.29 is 18.4 Å². The maximum absolute atomic E-state index is 12.3. The topological polar surface area (TPSA) is 32.6 Å².